The van der Waals surface area contributed by atoms with Crippen molar-refractivity contribution in [1.29, 1.82) is 0 Å². The number of aryl methyl sites for hydroxylation is 1. The van der Waals surface area contributed by atoms with Gasteiger partial charge in [-0.2, -0.15) is 5.10 Å². The Morgan fingerprint density at radius 3 is 2.64 bits per heavy atom. The number of rotatable bonds is 5. The second-order valence-corrected chi connectivity index (χ2v) is 6.23. The van der Waals surface area contributed by atoms with Gasteiger partial charge in [0.2, 0.25) is 4.77 Å². The van der Waals surface area contributed by atoms with E-state index in [1.54, 1.807) is 0 Å². The fraction of sp³-hybridized carbons (Fsp3) is 0.158. The number of H-pyrrole nitrogens is 1. The average molecular weight is 349 g/mol. The van der Waals surface area contributed by atoms with Gasteiger partial charge in [0.25, 0.3) is 0 Å². The van der Waals surface area contributed by atoms with Crippen LogP contribution >= 0.6 is 12.2 Å². The summed E-state index contributed by atoms with van der Waals surface area (Å²) in [5, 5.41) is 8.49. The molecule has 0 saturated heterocycles. The number of hydrogen-bond acceptors (Lipinski definition) is 3. The summed E-state index contributed by atoms with van der Waals surface area (Å²) in [5.41, 5.74) is 6.91. The van der Waals surface area contributed by atoms with Crippen molar-refractivity contribution in [1.82, 2.24) is 19.4 Å². The highest BCUT2D eigenvalue weighted by Crippen LogP contribution is 2.22. The molecular weight excluding hydrogens is 330 g/mol. The molecule has 5 nitrogen and oxygen atoms in total. The first-order valence-corrected chi connectivity index (χ1v) is 8.72. The third kappa shape index (κ3) is 2.85. The normalized spacial score (nSPS) is 11.1. The number of para-hydroxylation sites is 1. The van der Waals surface area contributed by atoms with Gasteiger partial charge in [-0.05, 0) is 30.8 Å². The number of hydrogen-bond donors (Lipinski definition) is 2. The molecule has 0 saturated carbocycles. The van der Waals surface area contributed by atoms with Crippen molar-refractivity contribution in [3.05, 3.63) is 71.1 Å². The molecule has 0 aliphatic heterocycles. The zero-order chi connectivity index (χ0) is 17.2. The van der Waals surface area contributed by atoms with Gasteiger partial charge in [0.15, 0.2) is 5.82 Å². The van der Waals surface area contributed by atoms with E-state index in [4.69, 9.17) is 12.2 Å². The zero-order valence-electron chi connectivity index (χ0n) is 13.9. The molecule has 0 atom stereocenters. The average Bonchev–Trinajstić information content (AvgIpc) is 3.21. The van der Waals surface area contributed by atoms with E-state index in [9.17, 15) is 0 Å². The van der Waals surface area contributed by atoms with Crippen LogP contribution in [0, 0.1) is 4.77 Å². The number of nitrogens with one attached hydrogen (secondary N) is 2. The highest BCUT2D eigenvalue weighted by Gasteiger charge is 2.10. The Labute approximate surface area is 150 Å². The van der Waals surface area contributed by atoms with Crippen LogP contribution in [0.25, 0.3) is 22.3 Å². The first kappa shape index (κ1) is 15.7. The molecular formula is C19H19N5S. The minimum atomic E-state index is 0.554. The summed E-state index contributed by atoms with van der Waals surface area (Å²) < 4.78 is 4.65. The first-order valence-electron chi connectivity index (χ1n) is 8.31. The molecule has 0 aliphatic rings. The Bertz CT molecular complexity index is 1060. The minimum Gasteiger partial charge on any atom is -0.347 e. The van der Waals surface area contributed by atoms with E-state index < -0.39 is 0 Å². The Hall–Kier alpha value is -2.86. The topological polar surface area (TPSA) is 50.6 Å². The van der Waals surface area contributed by atoms with Crippen LogP contribution in [-0.4, -0.2) is 19.4 Å². The zero-order valence-corrected chi connectivity index (χ0v) is 14.8. The van der Waals surface area contributed by atoms with Crippen molar-refractivity contribution in [2.24, 2.45) is 0 Å². The second-order valence-electron chi connectivity index (χ2n) is 5.85. The SMILES string of the molecule is CCn1cc(CNn2c(-c3ccccc3)n[nH]c2=S)c2ccccc21. The van der Waals surface area contributed by atoms with Gasteiger partial charge in [0.05, 0.1) is 6.54 Å². The van der Waals surface area contributed by atoms with E-state index in [-0.39, 0.29) is 0 Å². The molecule has 0 fully saturated rings. The second kappa shape index (κ2) is 6.57. The fourth-order valence-corrected chi connectivity index (χ4v) is 3.31. The van der Waals surface area contributed by atoms with Gasteiger partial charge in [0.1, 0.15) is 0 Å². The molecule has 6 heteroatoms. The quantitative estimate of drug-likeness (QED) is 0.527. The van der Waals surface area contributed by atoms with Crippen molar-refractivity contribution >= 4 is 23.1 Å². The summed E-state index contributed by atoms with van der Waals surface area (Å²) in [6.07, 6.45) is 2.20. The predicted molar refractivity (Wildman–Crippen MR) is 104 cm³/mol. The Kier molecular flexibility index (Phi) is 4.11. The van der Waals surface area contributed by atoms with Crippen LogP contribution in [0.4, 0.5) is 0 Å². The Morgan fingerprint density at radius 1 is 1.08 bits per heavy atom. The van der Waals surface area contributed by atoms with Crippen molar-refractivity contribution in [2.75, 3.05) is 5.43 Å². The summed E-state index contributed by atoms with van der Waals surface area (Å²) in [4.78, 5) is 0. The van der Waals surface area contributed by atoms with Gasteiger partial charge in [-0.3, -0.25) is 0 Å². The van der Waals surface area contributed by atoms with E-state index >= 15 is 0 Å². The molecule has 25 heavy (non-hydrogen) atoms. The lowest BCUT2D eigenvalue weighted by Gasteiger charge is -2.09. The smallest absolute Gasteiger partial charge is 0.214 e. The summed E-state index contributed by atoms with van der Waals surface area (Å²) in [5.74, 6) is 0.782. The molecule has 0 amide bonds. The van der Waals surface area contributed by atoms with Gasteiger partial charge in [0, 0.05) is 29.2 Å². The monoisotopic (exact) mass is 349 g/mol. The van der Waals surface area contributed by atoms with Crippen molar-refractivity contribution < 1.29 is 0 Å². The third-order valence-electron chi connectivity index (χ3n) is 4.34. The molecule has 0 unspecified atom stereocenters. The van der Waals surface area contributed by atoms with Crippen LogP contribution < -0.4 is 5.43 Å². The van der Waals surface area contributed by atoms with Gasteiger partial charge in [-0.25, -0.2) is 9.77 Å². The van der Waals surface area contributed by atoms with Crippen LogP contribution in [-0.2, 0) is 13.1 Å². The molecule has 4 aromatic rings. The lowest BCUT2D eigenvalue weighted by atomic mass is 10.2. The van der Waals surface area contributed by atoms with E-state index in [2.05, 4.69) is 57.6 Å². The lowest BCUT2D eigenvalue weighted by molar-refractivity contribution is 0.784. The Morgan fingerprint density at radius 2 is 1.84 bits per heavy atom. The maximum Gasteiger partial charge on any atom is 0.214 e. The van der Waals surface area contributed by atoms with E-state index in [0.29, 0.717) is 11.3 Å². The van der Waals surface area contributed by atoms with Crippen molar-refractivity contribution in [3.63, 3.8) is 0 Å². The largest absolute Gasteiger partial charge is 0.347 e. The number of nitrogens with zero attached hydrogens (tertiary/aromatic N) is 3. The molecule has 0 spiro atoms. The van der Waals surface area contributed by atoms with E-state index in [1.165, 1.54) is 16.5 Å². The molecule has 2 heterocycles. The molecule has 0 radical (unpaired) electrons. The van der Waals surface area contributed by atoms with Crippen LogP contribution in [0.1, 0.15) is 12.5 Å². The number of fused-ring (bicyclic) bond motifs is 1. The summed E-state index contributed by atoms with van der Waals surface area (Å²) in [6, 6.07) is 18.5. The summed E-state index contributed by atoms with van der Waals surface area (Å²) >= 11 is 5.39. The molecule has 126 valence electrons. The minimum absolute atomic E-state index is 0.554. The highest BCUT2D eigenvalue weighted by molar-refractivity contribution is 7.71. The van der Waals surface area contributed by atoms with Gasteiger partial charge in [-0.15, -0.1) is 0 Å². The molecule has 2 aromatic carbocycles. The van der Waals surface area contributed by atoms with Gasteiger partial charge in [-0.1, -0.05) is 48.5 Å². The van der Waals surface area contributed by atoms with Crippen LogP contribution in [0.3, 0.4) is 0 Å². The van der Waals surface area contributed by atoms with Gasteiger partial charge >= 0.3 is 0 Å². The lowest BCUT2D eigenvalue weighted by Crippen LogP contribution is -2.15. The summed E-state index contributed by atoms with van der Waals surface area (Å²) in [7, 11) is 0. The highest BCUT2D eigenvalue weighted by atomic mass is 32.1. The Balaban J connectivity index is 1.67. The number of aromatic amines is 1. The molecule has 4 rings (SSSR count). The van der Waals surface area contributed by atoms with Gasteiger partial charge < -0.3 is 9.99 Å². The van der Waals surface area contributed by atoms with Crippen molar-refractivity contribution in [2.45, 2.75) is 20.0 Å². The fourth-order valence-electron chi connectivity index (χ4n) is 3.11. The molecule has 0 aliphatic carbocycles. The van der Waals surface area contributed by atoms with E-state index in [0.717, 1.165) is 17.9 Å². The third-order valence-corrected chi connectivity index (χ3v) is 4.62. The molecule has 0 bridgehead atoms. The van der Waals surface area contributed by atoms with Crippen LogP contribution in [0.15, 0.2) is 60.8 Å². The molecule has 2 aromatic heterocycles. The first-order chi connectivity index (χ1) is 12.3. The predicted octanol–water partition coefficient (Wildman–Crippen LogP) is 4.33. The van der Waals surface area contributed by atoms with E-state index in [1.807, 2.05) is 35.0 Å². The maximum atomic E-state index is 5.39. The summed E-state index contributed by atoms with van der Waals surface area (Å²) in [6.45, 7) is 3.77. The van der Waals surface area contributed by atoms with Crippen molar-refractivity contribution in [3.8, 4) is 11.4 Å². The number of aromatic nitrogens is 4. The maximum absolute atomic E-state index is 5.39. The van der Waals surface area contributed by atoms with Crippen LogP contribution in [0.5, 0.6) is 0 Å². The molecule has 2 N–H and O–H groups in total. The number of benzene rings is 2. The van der Waals surface area contributed by atoms with Crippen LogP contribution in [0.2, 0.25) is 0 Å². The standard InChI is InChI=1S/C19H19N5S/c1-2-23-13-15(16-10-6-7-11-17(16)23)12-20-24-18(21-22-19(24)25)14-8-4-3-5-9-14/h3-11,13,20H,2,12H2,1H3,(H,22,25).